The van der Waals surface area contributed by atoms with E-state index in [9.17, 15) is 4.79 Å². The van der Waals surface area contributed by atoms with Crippen LogP contribution < -0.4 is 10.6 Å². The van der Waals surface area contributed by atoms with Gasteiger partial charge in [0.2, 0.25) is 5.91 Å². The quantitative estimate of drug-likeness (QED) is 0.853. The second kappa shape index (κ2) is 5.11. The molecular weight excluding hydrogens is 224 g/mol. The summed E-state index contributed by atoms with van der Waals surface area (Å²) in [6, 6.07) is 9.06. The maximum atomic E-state index is 12.0. The second-order valence-corrected chi connectivity index (χ2v) is 5.35. The highest BCUT2D eigenvalue weighted by molar-refractivity contribution is 5.77. The van der Waals surface area contributed by atoms with Crippen LogP contribution in [0.4, 0.5) is 0 Å². The highest BCUT2D eigenvalue weighted by Gasteiger charge is 2.25. The Morgan fingerprint density at radius 2 is 2.22 bits per heavy atom. The molecule has 0 spiro atoms. The third-order valence-corrected chi connectivity index (χ3v) is 4.06. The summed E-state index contributed by atoms with van der Waals surface area (Å²) in [6.07, 6.45) is 5.09. The molecular formula is C15H20N2O. The summed E-state index contributed by atoms with van der Waals surface area (Å²) in [4.78, 5) is 12.0. The van der Waals surface area contributed by atoms with Crippen LogP contribution in [0.5, 0.6) is 0 Å². The Hall–Kier alpha value is -1.35. The first-order valence-electron chi connectivity index (χ1n) is 6.93. The van der Waals surface area contributed by atoms with E-state index in [1.807, 2.05) is 0 Å². The van der Waals surface area contributed by atoms with Gasteiger partial charge in [-0.1, -0.05) is 24.3 Å². The van der Waals surface area contributed by atoms with Crippen LogP contribution in [0, 0.1) is 0 Å². The van der Waals surface area contributed by atoms with E-state index in [0.29, 0.717) is 12.5 Å². The van der Waals surface area contributed by atoms with E-state index in [2.05, 4.69) is 34.9 Å². The number of benzene rings is 1. The van der Waals surface area contributed by atoms with Crippen molar-refractivity contribution in [2.24, 2.45) is 0 Å². The van der Waals surface area contributed by atoms with Crippen molar-refractivity contribution in [3.63, 3.8) is 0 Å². The Kier molecular flexibility index (Phi) is 3.33. The summed E-state index contributed by atoms with van der Waals surface area (Å²) >= 11 is 0. The number of aryl methyl sites for hydroxylation is 1. The van der Waals surface area contributed by atoms with Gasteiger partial charge >= 0.3 is 0 Å². The number of carbonyl (C=O) groups excluding carboxylic acids is 1. The minimum Gasteiger partial charge on any atom is -0.349 e. The predicted octanol–water partition coefficient (Wildman–Crippen LogP) is 1.93. The molecule has 1 saturated heterocycles. The van der Waals surface area contributed by atoms with Gasteiger partial charge in [-0.25, -0.2) is 0 Å². The molecule has 18 heavy (non-hydrogen) atoms. The van der Waals surface area contributed by atoms with Crippen LogP contribution in [0.2, 0.25) is 0 Å². The fourth-order valence-electron chi connectivity index (χ4n) is 3.12. The number of hydrogen-bond acceptors (Lipinski definition) is 2. The number of rotatable bonds is 3. The molecule has 3 rings (SSSR count). The van der Waals surface area contributed by atoms with Gasteiger partial charge in [-0.05, 0) is 43.4 Å². The molecule has 3 nitrogen and oxygen atoms in total. The molecule has 96 valence electrons. The maximum absolute atomic E-state index is 12.0. The van der Waals surface area contributed by atoms with Crippen LogP contribution in [-0.4, -0.2) is 18.5 Å². The standard InChI is InChI=1S/C15H20N2O/c18-15(10-12-5-3-9-16-12)17-14-8-7-11-4-1-2-6-13(11)14/h1-2,4,6,12,14,16H,3,5,7-10H2,(H,17,18). The van der Waals surface area contributed by atoms with E-state index in [-0.39, 0.29) is 11.9 Å². The Bertz CT molecular complexity index is 438. The summed E-state index contributed by atoms with van der Waals surface area (Å²) in [5.74, 6) is 0.191. The van der Waals surface area contributed by atoms with Gasteiger partial charge in [-0.2, -0.15) is 0 Å². The molecule has 1 aromatic carbocycles. The van der Waals surface area contributed by atoms with E-state index in [0.717, 1.165) is 25.8 Å². The van der Waals surface area contributed by atoms with Gasteiger partial charge in [-0.3, -0.25) is 4.79 Å². The maximum Gasteiger partial charge on any atom is 0.222 e. The zero-order valence-electron chi connectivity index (χ0n) is 10.6. The average Bonchev–Trinajstić information content (AvgIpc) is 3.00. The molecule has 1 aromatic rings. The van der Waals surface area contributed by atoms with Gasteiger partial charge in [0.15, 0.2) is 0 Å². The molecule has 2 unspecified atom stereocenters. The Labute approximate surface area is 108 Å². The lowest BCUT2D eigenvalue weighted by Crippen LogP contribution is -2.33. The zero-order chi connectivity index (χ0) is 12.4. The first kappa shape index (κ1) is 11.7. The molecule has 1 aliphatic heterocycles. The van der Waals surface area contributed by atoms with Gasteiger partial charge in [0.1, 0.15) is 0 Å². The summed E-state index contributed by atoms with van der Waals surface area (Å²) in [5.41, 5.74) is 2.70. The first-order chi connectivity index (χ1) is 8.83. The van der Waals surface area contributed by atoms with Crippen molar-refractivity contribution >= 4 is 5.91 Å². The topological polar surface area (TPSA) is 41.1 Å². The van der Waals surface area contributed by atoms with Crippen molar-refractivity contribution in [3.8, 4) is 0 Å². The summed E-state index contributed by atoms with van der Waals surface area (Å²) in [7, 11) is 0. The minimum absolute atomic E-state index is 0.191. The molecule has 0 bridgehead atoms. The van der Waals surface area contributed by atoms with Gasteiger partial charge < -0.3 is 10.6 Å². The van der Waals surface area contributed by atoms with Crippen LogP contribution in [0.1, 0.15) is 42.9 Å². The molecule has 2 atom stereocenters. The first-order valence-corrected chi connectivity index (χ1v) is 6.93. The number of fused-ring (bicyclic) bond motifs is 1. The number of amides is 1. The SMILES string of the molecule is O=C(CC1CCCN1)NC1CCc2ccccc21. The van der Waals surface area contributed by atoms with Crippen LogP contribution in [-0.2, 0) is 11.2 Å². The van der Waals surface area contributed by atoms with Crippen molar-refractivity contribution in [2.45, 2.75) is 44.2 Å². The summed E-state index contributed by atoms with van der Waals surface area (Å²) < 4.78 is 0. The van der Waals surface area contributed by atoms with Crippen LogP contribution in [0.3, 0.4) is 0 Å². The molecule has 1 fully saturated rings. The van der Waals surface area contributed by atoms with E-state index in [4.69, 9.17) is 0 Å². The molecule has 2 aliphatic rings. The molecule has 0 aromatic heterocycles. The molecule has 1 heterocycles. The van der Waals surface area contributed by atoms with Crippen molar-refractivity contribution < 1.29 is 4.79 Å². The fraction of sp³-hybridized carbons (Fsp3) is 0.533. The third kappa shape index (κ3) is 2.41. The van der Waals surface area contributed by atoms with Crippen molar-refractivity contribution in [3.05, 3.63) is 35.4 Å². The summed E-state index contributed by atoms with van der Waals surface area (Å²) in [6.45, 7) is 1.06. The van der Waals surface area contributed by atoms with Gasteiger partial charge in [-0.15, -0.1) is 0 Å². The number of nitrogens with one attached hydrogen (secondary N) is 2. The lowest BCUT2D eigenvalue weighted by Gasteiger charge is -2.16. The Morgan fingerprint density at radius 3 is 3.06 bits per heavy atom. The largest absolute Gasteiger partial charge is 0.349 e. The highest BCUT2D eigenvalue weighted by Crippen LogP contribution is 2.30. The second-order valence-electron chi connectivity index (χ2n) is 5.35. The minimum atomic E-state index is 0.191. The monoisotopic (exact) mass is 244 g/mol. The normalized spacial score (nSPS) is 26.0. The van der Waals surface area contributed by atoms with E-state index in [1.54, 1.807) is 0 Å². The van der Waals surface area contributed by atoms with Crippen molar-refractivity contribution in [1.82, 2.24) is 10.6 Å². The van der Waals surface area contributed by atoms with Crippen molar-refractivity contribution in [2.75, 3.05) is 6.54 Å². The fourth-order valence-corrected chi connectivity index (χ4v) is 3.12. The smallest absolute Gasteiger partial charge is 0.222 e. The Balaban J connectivity index is 1.58. The van der Waals surface area contributed by atoms with Gasteiger partial charge in [0, 0.05) is 12.5 Å². The van der Waals surface area contributed by atoms with Crippen LogP contribution in [0.15, 0.2) is 24.3 Å². The zero-order valence-corrected chi connectivity index (χ0v) is 10.6. The van der Waals surface area contributed by atoms with E-state index in [1.165, 1.54) is 17.5 Å². The number of hydrogen-bond donors (Lipinski definition) is 2. The molecule has 1 amide bonds. The van der Waals surface area contributed by atoms with Crippen LogP contribution in [0.25, 0.3) is 0 Å². The van der Waals surface area contributed by atoms with Crippen molar-refractivity contribution in [1.29, 1.82) is 0 Å². The van der Waals surface area contributed by atoms with Crippen LogP contribution >= 0.6 is 0 Å². The lowest BCUT2D eigenvalue weighted by molar-refractivity contribution is -0.122. The molecule has 0 radical (unpaired) electrons. The molecule has 2 N–H and O–H groups in total. The molecule has 3 heteroatoms. The lowest BCUT2D eigenvalue weighted by atomic mass is 10.1. The molecule has 1 aliphatic carbocycles. The number of carbonyl (C=O) groups is 1. The third-order valence-electron chi connectivity index (χ3n) is 4.06. The van der Waals surface area contributed by atoms with Gasteiger partial charge in [0.25, 0.3) is 0 Å². The average molecular weight is 244 g/mol. The predicted molar refractivity (Wildman–Crippen MR) is 71.3 cm³/mol. The van der Waals surface area contributed by atoms with E-state index >= 15 is 0 Å². The summed E-state index contributed by atoms with van der Waals surface area (Å²) in [5, 5.41) is 6.55. The highest BCUT2D eigenvalue weighted by atomic mass is 16.1. The van der Waals surface area contributed by atoms with E-state index < -0.39 is 0 Å². The molecule has 0 saturated carbocycles. The Morgan fingerprint density at radius 1 is 1.33 bits per heavy atom. The van der Waals surface area contributed by atoms with Gasteiger partial charge in [0.05, 0.1) is 6.04 Å².